The van der Waals surface area contributed by atoms with Gasteiger partial charge in [0.15, 0.2) is 0 Å². The summed E-state index contributed by atoms with van der Waals surface area (Å²) in [6, 6.07) is 0. The van der Waals surface area contributed by atoms with Crippen molar-refractivity contribution in [3.63, 3.8) is 0 Å². The lowest BCUT2D eigenvalue weighted by atomic mass is 10.2. The SMILES string of the molecule is NC/N=C(COCCO)/C(COCCO)=N/CN. The second-order valence-electron chi connectivity index (χ2n) is 3.13. The average molecular weight is 262 g/mol. The van der Waals surface area contributed by atoms with Crippen LogP contribution in [0.1, 0.15) is 0 Å². The van der Waals surface area contributed by atoms with Crippen LogP contribution in [0.15, 0.2) is 9.98 Å². The van der Waals surface area contributed by atoms with Gasteiger partial charge in [0.2, 0.25) is 0 Å². The van der Waals surface area contributed by atoms with Gasteiger partial charge in [-0.1, -0.05) is 0 Å². The highest BCUT2D eigenvalue weighted by Crippen LogP contribution is 1.91. The summed E-state index contributed by atoms with van der Waals surface area (Å²) in [7, 11) is 0. The monoisotopic (exact) mass is 262 g/mol. The molecule has 0 amide bonds. The molecule has 8 nitrogen and oxygen atoms in total. The van der Waals surface area contributed by atoms with Gasteiger partial charge in [0.1, 0.15) is 0 Å². The molecule has 0 aromatic carbocycles. The van der Waals surface area contributed by atoms with Crippen LogP contribution in [0.5, 0.6) is 0 Å². The molecule has 0 atom stereocenters. The van der Waals surface area contributed by atoms with E-state index in [0.717, 1.165) is 0 Å². The van der Waals surface area contributed by atoms with Gasteiger partial charge in [0.05, 0.1) is 64.4 Å². The molecule has 0 rings (SSSR count). The van der Waals surface area contributed by atoms with Crippen LogP contribution in [-0.4, -0.2) is 74.6 Å². The van der Waals surface area contributed by atoms with E-state index in [4.69, 9.17) is 31.2 Å². The summed E-state index contributed by atoms with van der Waals surface area (Å²) >= 11 is 0. The molecule has 0 spiro atoms. The minimum Gasteiger partial charge on any atom is -0.394 e. The van der Waals surface area contributed by atoms with E-state index in [1.165, 1.54) is 0 Å². The lowest BCUT2D eigenvalue weighted by molar-refractivity contribution is 0.115. The predicted octanol–water partition coefficient (Wildman–Crippen LogP) is -2.28. The van der Waals surface area contributed by atoms with Crippen LogP contribution in [-0.2, 0) is 9.47 Å². The molecule has 8 heteroatoms. The highest BCUT2D eigenvalue weighted by Gasteiger charge is 2.09. The fourth-order valence-corrected chi connectivity index (χ4v) is 1.13. The molecule has 0 saturated carbocycles. The first-order valence-corrected chi connectivity index (χ1v) is 5.64. The first kappa shape index (κ1) is 17.1. The van der Waals surface area contributed by atoms with Crippen LogP contribution < -0.4 is 11.5 Å². The van der Waals surface area contributed by atoms with Gasteiger partial charge in [0, 0.05) is 0 Å². The fraction of sp³-hybridized carbons (Fsp3) is 0.800. The topological polar surface area (TPSA) is 136 Å². The zero-order valence-electron chi connectivity index (χ0n) is 10.4. The van der Waals surface area contributed by atoms with Crippen molar-refractivity contribution in [1.29, 1.82) is 0 Å². The third-order valence-electron chi connectivity index (χ3n) is 1.85. The van der Waals surface area contributed by atoms with Crippen LogP contribution >= 0.6 is 0 Å². The smallest absolute Gasteiger partial charge is 0.0904 e. The molecule has 0 fully saturated rings. The van der Waals surface area contributed by atoms with Crippen molar-refractivity contribution in [2.24, 2.45) is 21.5 Å². The maximum absolute atomic E-state index is 8.63. The summed E-state index contributed by atoms with van der Waals surface area (Å²) in [6.07, 6.45) is 0. The van der Waals surface area contributed by atoms with Crippen LogP contribution in [0.25, 0.3) is 0 Å². The average Bonchev–Trinajstić information content (AvgIpc) is 2.37. The Balaban J connectivity index is 4.46. The molecule has 18 heavy (non-hydrogen) atoms. The Kier molecular flexibility index (Phi) is 11.9. The molecule has 0 bridgehead atoms. The summed E-state index contributed by atoms with van der Waals surface area (Å²) in [5, 5.41) is 17.3. The molecule has 0 unspecified atom stereocenters. The summed E-state index contributed by atoms with van der Waals surface area (Å²) < 4.78 is 10.3. The van der Waals surface area contributed by atoms with Gasteiger partial charge < -0.3 is 31.2 Å². The number of ether oxygens (including phenoxy) is 2. The third-order valence-corrected chi connectivity index (χ3v) is 1.85. The van der Waals surface area contributed by atoms with Gasteiger partial charge in [-0.2, -0.15) is 0 Å². The molecule has 0 aliphatic rings. The van der Waals surface area contributed by atoms with Crippen molar-refractivity contribution in [3.05, 3.63) is 0 Å². The van der Waals surface area contributed by atoms with Gasteiger partial charge in [-0.15, -0.1) is 0 Å². The maximum Gasteiger partial charge on any atom is 0.0904 e. The molecule has 0 radical (unpaired) electrons. The van der Waals surface area contributed by atoms with Crippen molar-refractivity contribution in [2.75, 3.05) is 53.0 Å². The maximum atomic E-state index is 8.63. The Morgan fingerprint density at radius 1 is 0.833 bits per heavy atom. The van der Waals surface area contributed by atoms with E-state index < -0.39 is 0 Å². The molecule has 0 aromatic heterocycles. The van der Waals surface area contributed by atoms with Gasteiger partial charge in [-0.25, -0.2) is 0 Å². The van der Waals surface area contributed by atoms with E-state index >= 15 is 0 Å². The molecule has 0 saturated heterocycles. The number of aliphatic imine (C=N–C) groups is 2. The van der Waals surface area contributed by atoms with Crippen LogP contribution in [0.3, 0.4) is 0 Å². The van der Waals surface area contributed by atoms with Crippen LogP contribution in [0, 0.1) is 0 Å². The van der Waals surface area contributed by atoms with E-state index in [1.807, 2.05) is 0 Å². The third kappa shape index (κ3) is 8.23. The lowest BCUT2D eigenvalue weighted by Crippen LogP contribution is -2.28. The molecule has 0 aliphatic heterocycles. The van der Waals surface area contributed by atoms with E-state index in [-0.39, 0.29) is 53.0 Å². The van der Waals surface area contributed by atoms with Crippen molar-refractivity contribution < 1.29 is 19.7 Å². The summed E-state index contributed by atoms with van der Waals surface area (Å²) in [6.45, 7) is 0.829. The Bertz CT molecular complexity index is 232. The standard InChI is InChI=1S/C10H22N4O4/c11-7-13-9(5-17-3-1-15)10(14-8-12)6-18-4-2-16/h15-16H,1-8,11-12H2/b13-9+,14-10+. The van der Waals surface area contributed by atoms with Gasteiger partial charge in [0.25, 0.3) is 0 Å². The molecule has 0 aromatic rings. The minimum absolute atomic E-state index is 0.0692. The van der Waals surface area contributed by atoms with Crippen LogP contribution in [0.4, 0.5) is 0 Å². The van der Waals surface area contributed by atoms with E-state index in [1.54, 1.807) is 0 Å². The number of hydrogen-bond acceptors (Lipinski definition) is 8. The van der Waals surface area contributed by atoms with E-state index in [9.17, 15) is 0 Å². The summed E-state index contributed by atoms with van der Waals surface area (Å²) in [4.78, 5) is 8.11. The zero-order valence-corrected chi connectivity index (χ0v) is 10.4. The molecule has 0 aliphatic carbocycles. The fourth-order valence-electron chi connectivity index (χ4n) is 1.13. The first-order chi connectivity index (χ1) is 8.79. The number of aliphatic hydroxyl groups excluding tert-OH is 2. The first-order valence-electron chi connectivity index (χ1n) is 5.64. The number of aliphatic hydroxyl groups is 2. The minimum atomic E-state index is -0.0692. The second-order valence-corrected chi connectivity index (χ2v) is 3.13. The molecule has 0 heterocycles. The predicted molar refractivity (Wildman–Crippen MR) is 68.8 cm³/mol. The number of nitrogens with two attached hydrogens (primary N) is 2. The van der Waals surface area contributed by atoms with Gasteiger partial charge in [-0.05, 0) is 0 Å². The van der Waals surface area contributed by atoms with E-state index in [0.29, 0.717) is 11.4 Å². The Morgan fingerprint density at radius 2 is 1.22 bits per heavy atom. The zero-order chi connectivity index (χ0) is 13.6. The highest BCUT2D eigenvalue weighted by atomic mass is 16.5. The second kappa shape index (κ2) is 12.6. The number of nitrogens with zero attached hydrogens (tertiary/aromatic N) is 2. The molecule has 6 N–H and O–H groups in total. The Hall–Kier alpha value is -0.900. The Labute approximate surface area is 106 Å². The van der Waals surface area contributed by atoms with Crippen molar-refractivity contribution in [3.8, 4) is 0 Å². The molecular weight excluding hydrogens is 240 g/mol. The Morgan fingerprint density at radius 3 is 1.50 bits per heavy atom. The number of rotatable bonds is 11. The largest absolute Gasteiger partial charge is 0.394 e. The summed E-state index contributed by atoms with van der Waals surface area (Å²) in [5.41, 5.74) is 11.8. The molecule has 106 valence electrons. The highest BCUT2D eigenvalue weighted by molar-refractivity contribution is 6.43. The van der Waals surface area contributed by atoms with Crippen molar-refractivity contribution in [1.82, 2.24) is 0 Å². The summed E-state index contributed by atoms with van der Waals surface area (Å²) in [5.74, 6) is 0. The molecular formula is C10H22N4O4. The van der Waals surface area contributed by atoms with Gasteiger partial charge in [-0.3, -0.25) is 9.98 Å². The quantitative estimate of drug-likeness (QED) is 0.245. The van der Waals surface area contributed by atoms with Crippen molar-refractivity contribution in [2.45, 2.75) is 0 Å². The van der Waals surface area contributed by atoms with Crippen LogP contribution in [0.2, 0.25) is 0 Å². The van der Waals surface area contributed by atoms with E-state index in [2.05, 4.69) is 9.98 Å². The number of hydrogen-bond donors (Lipinski definition) is 4. The van der Waals surface area contributed by atoms with Crippen molar-refractivity contribution >= 4 is 11.4 Å². The normalized spacial score (nSPS) is 13.1. The lowest BCUT2D eigenvalue weighted by Gasteiger charge is -2.10. The van der Waals surface area contributed by atoms with Gasteiger partial charge >= 0.3 is 0 Å².